The first kappa shape index (κ1) is 34.7. The molecule has 0 saturated carbocycles. The zero-order valence-corrected chi connectivity index (χ0v) is 26.0. The van der Waals surface area contributed by atoms with Crippen LogP contribution >= 0.6 is 23.5 Å². The van der Waals surface area contributed by atoms with Crippen molar-refractivity contribution in [1.29, 1.82) is 0 Å². The number of aromatic nitrogens is 4. The van der Waals surface area contributed by atoms with Crippen LogP contribution in [0.3, 0.4) is 0 Å². The van der Waals surface area contributed by atoms with Crippen molar-refractivity contribution in [2.75, 3.05) is 12.3 Å². The fraction of sp³-hybridized carbons (Fsp3) is 0.208. The summed E-state index contributed by atoms with van der Waals surface area (Å²) in [6.07, 6.45) is -4.30. The van der Waals surface area contributed by atoms with Crippen LogP contribution in [0.4, 0.5) is 5.82 Å². The minimum Gasteiger partial charge on any atom is -0.387 e. The van der Waals surface area contributed by atoms with Crippen molar-refractivity contribution < 1.29 is 71.0 Å². The lowest BCUT2D eigenvalue weighted by Gasteiger charge is -2.32. The second kappa shape index (κ2) is 12.8. The van der Waals surface area contributed by atoms with Gasteiger partial charge in [-0.1, -0.05) is 54.6 Å². The molecule has 23 heteroatoms. The van der Waals surface area contributed by atoms with E-state index >= 15 is 0 Å². The minimum absolute atomic E-state index is 0.0599. The Morgan fingerprint density at radius 3 is 2.19 bits per heavy atom. The Labute approximate surface area is 262 Å². The van der Waals surface area contributed by atoms with Gasteiger partial charge in [0.2, 0.25) is 11.5 Å². The Morgan fingerprint density at radius 1 is 0.894 bits per heavy atom. The number of hydrogen-bond acceptors (Lipinski definition) is 15. The third-order valence-electron chi connectivity index (χ3n) is 6.75. The highest BCUT2D eigenvalue weighted by Gasteiger charge is 2.62. The van der Waals surface area contributed by atoms with Crippen molar-refractivity contribution >= 4 is 52.0 Å². The average molecular weight is 715 g/mol. The highest BCUT2D eigenvalue weighted by molar-refractivity contribution is 7.66. The predicted molar refractivity (Wildman–Crippen MR) is 155 cm³/mol. The van der Waals surface area contributed by atoms with Crippen molar-refractivity contribution in [1.82, 2.24) is 19.5 Å². The number of anilines is 1. The largest absolute Gasteiger partial charge is 0.490 e. The number of benzene rings is 2. The molecule has 1 fully saturated rings. The molecule has 5 rings (SSSR count). The molecular weight excluding hydrogens is 691 g/mol. The van der Waals surface area contributed by atoms with Gasteiger partial charge in [0.05, 0.1) is 6.61 Å². The van der Waals surface area contributed by atoms with Gasteiger partial charge >= 0.3 is 23.5 Å². The van der Waals surface area contributed by atoms with Crippen molar-refractivity contribution in [3.8, 4) is 0 Å². The number of phosphoric acid groups is 3. The van der Waals surface area contributed by atoms with Gasteiger partial charge < -0.3 is 40.3 Å². The number of Topliss-reactive ketones (excluding diaryl/α,β-unsaturated/α-hetero) is 1. The third kappa shape index (κ3) is 7.01. The standard InChI is InChI=1S/C24H24N5O15P3/c25-22-17-23(27-11-26-22)29(12-28-17)24(20(32)15-9-5-4-8-14(15)18(30)13-6-2-1-3-7-13)21(33)19(31)16(42-24)10-41-46(37,38)44-47(39,40)43-45(34,35)36/h1-9,11-12,16,19,21,31,33H,10H2,(H,37,38)(H,39,40)(H2,25,26,27)(H2,34,35,36)/t16-,19-,21-,24-/m1/s1. The summed E-state index contributed by atoms with van der Waals surface area (Å²) in [5.41, 5.74) is 2.69. The number of carbonyl (C=O) groups is 2. The monoisotopic (exact) mass is 715 g/mol. The van der Waals surface area contributed by atoms with Crippen LogP contribution in [0.25, 0.3) is 11.2 Å². The molecule has 0 aliphatic carbocycles. The molecule has 0 radical (unpaired) electrons. The summed E-state index contributed by atoms with van der Waals surface area (Å²) in [7, 11) is -17.3. The maximum Gasteiger partial charge on any atom is 0.490 e. The molecule has 8 N–H and O–H groups in total. The van der Waals surface area contributed by atoms with Gasteiger partial charge in [-0.25, -0.2) is 28.6 Å². The van der Waals surface area contributed by atoms with Crippen molar-refractivity contribution in [2.24, 2.45) is 0 Å². The molecule has 2 aromatic carbocycles. The highest BCUT2D eigenvalue weighted by atomic mass is 31.3. The maximum absolute atomic E-state index is 14.6. The van der Waals surface area contributed by atoms with E-state index in [2.05, 4.69) is 28.1 Å². The van der Waals surface area contributed by atoms with Crippen LogP contribution in [-0.4, -0.2) is 85.8 Å². The van der Waals surface area contributed by atoms with Gasteiger partial charge in [-0.2, -0.15) is 8.62 Å². The van der Waals surface area contributed by atoms with Crippen LogP contribution in [0.1, 0.15) is 26.3 Å². The van der Waals surface area contributed by atoms with E-state index in [-0.39, 0.29) is 33.7 Å². The topological polar surface area (TPSA) is 313 Å². The van der Waals surface area contributed by atoms with Crippen molar-refractivity contribution in [3.05, 3.63) is 83.9 Å². The van der Waals surface area contributed by atoms with Gasteiger partial charge in [-0.05, 0) is 0 Å². The van der Waals surface area contributed by atoms with Crippen molar-refractivity contribution in [3.63, 3.8) is 0 Å². The van der Waals surface area contributed by atoms with Gasteiger partial charge in [0, 0.05) is 16.7 Å². The van der Waals surface area contributed by atoms with E-state index in [1.165, 1.54) is 36.4 Å². The first-order valence-electron chi connectivity index (χ1n) is 13.0. The second-order valence-electron chi connectivity index (χ2n) is 9.79. The molecule has 20 nitrogen and oxygen atoms in total. The lowest BCUT2D eigenvalue weighted by Crippen LogP contribution is -2.52. The normalized spacial score (nSPS) is 24.1. The highest BCUT2D eigenvalue weighted by Crippen LogP contribution is 2.66. The number of nitrogens with two attached hydrogens (primary N) is 1. The molecule has 4 aromatic rings. The van der Waals surface area contributed by atoms with Crippen LogP contribution in [-0.2, 0) is 37.3 Å². The zero-order valence-electron chi connectivity index (χ0n) is 23.4. The molecule has 0 amide bonds. The summed E-state index contributed by atoms with van der Waals surface area (Å²) in [4.78, 5) is 76.9. The Morgan fingerprint density at radius 2 is 1.53 bits per heavy atom. The summed E-state index contributed by atoms with van der Waals surface area (Å²) in [6, 6.07) is 13.4. The molecule has 3 heterocycles. The Hall–Kier alpha value is -3.58. The summed E-state index contributed by atoms with van der Waals surface area (Å²) in [5, 5.41) is 22.5. The number of rotatable bonds is 12. The van der Waals surface area contributed by atoms with E-state index in [1.54, 1.807) is 18.2 Å². The Balaban J connectivity index is 1.56. The molecule has 2 unspecified atom stereocenters. The number of nitrogen functional groups attached to an aromatic ring is 1. The van der Waals surface area contributed by atoms with E-state index in [0.29, 0.717) is 0 Å². The van der Waals surface area contributed by atoms with Crippen LogP contribution in [0.2, 0.25) is 0 Å². The van der Waals surface area contributed by atoms with E-state index in [1.807, 2.05) is 0 Å². The fourth-order valence-corrected chi connectivity index (χ4v) is 7.85. The molecule has 0 bridgehead atoms. The SMILES string of the molecule is Nc1ncnc2c1ncn2[C@]1(C(=O)c2ccccc2C(=O)c2ccccc2)O[C@H](COP(=O)(O)OP(=O)(O)OP(=O)(O)O)[C@@H](O)[C@H]1O. The molecule has 1 saturated heterocycles. The minimum atomic E-state index is -5.90. The summed E-state index contributed by atoms with van der Waals surface area (Å²) < 4.78 is 53.8. The lowest BCUT2D eigenvalue weighted by atomic mass is 9.88. The van der Waals surface area contributed by atoms with Crippen LogP contribution in [0.15, 0.2) is 67.3 Å². The predicted octanol–water partition coefficient (Wildman–Crippen LogP) is 0.639. The first-order chi connectivity index (χ1) is 22.0. The van der Waals surface area contributed by atoms with Crippen LogP contribution in [0, 0.1) is 0 Å². The molecule has 6 atom stereocenters. The summed E-state index contributed by atoms with van der Waals surface area (Å²) >= 11 is 0. The molecule has 0 spiro atoms. The van der Waals surface area contributed by atoms with Crippen molar-refractivity contribution in [2.45, 2.75) is 24.0 Å². The fourth-order valence-electron chi connectivity index (χ4n) is 4.82. The van der Waals surface area contributed by atoms with E-state index in [9.17, 15) is 43.3 Å². The van der Waals surface area contributed by atoms with E-state index in [0.717, 1.165) is 17.2 Å². The van der Waals surface area contributed by atoms with Crippen LogP contribution in [0.5, 0.6) is 0 Å². The molecule has 47 heavy (non-hydrogen) atoms. The zero-order chi connectivity index (χ0) is 34.4. The molecule has 2 aromatic heterocycles. The third-order valence-corrected chi connectivity index (χ3v) is 10.6. The number of aliphatic hydroxyl groups is 2. The summed E-state index contributed by atoms with van der Waals surface area (Å²) in [5.74, 6) is -1.86. The van der Waals surface area contributed by atoms with E-state index in [4.69, 9.17) is 20.3 Å². The Bertz CT molecular complexity index is 1990. The number of aliphatic hydroxyl groups excluding tert-OH is 2. The van der Waals surface area contributed by atoms with Crippen LogP contribution < -0.4 is 5.73 Å². The molecule has 1 aliphatic rings. The lowest BCUT2D eigenvalue weighted by molar-refractivity contribution is -0.112. The maximum atomic E-state index is 14.6. The Kier molecular flexibility index (Phi) is 9.46. The summed E-state index contributed by atoms with van der Waals surface area (Å²) in [6.45, 7) is -1.24. The number of hydrogen-bond donors (Lipinski definition) is 7. The first-order valence-corrected chi connectivity index (χ1v) is 17.5. The molecule has 250 valence electrons. The quantitative estimate of drug-likeness (QED) is 0.0781. The van der Waals surface area contributed by atoms with Gasteiger partial charge in [0.1, 0.15) is 36.5 Å². The number of ether oxygens (including phenoxy) is 1. The van der Waals surface area contributed by atoms with E-state index < -0.39 is 65.7 Å². The van der Waals surface area contributed by atoms with Gasteiger partial charge in [-0.15, -0.1) is 0 Å². The van der Waals surface area contributed by atoms with Gasteiger partial charge in [0.25, 0.3) is 0 Å². The number of carbonyl (C=O) groups excluding carboxylic acids is 2. The number of phosphoric ester groups is 1. The van der Waals surface area contributed by atoms with Gasteiger partial charge in [-0.3, -0.25) is 18.7 Å². The number of fused-ring (bicyclic) bond motifs is 1. The number of imidazole rings is 1. The smallest absolute Gasteiger partial charge is 0.387 e. The number of ketones is 2. The molecular formula is C24H24N5O15P3. The second-order valence-corrected chi connectivity index (χ2v) is 14.2. The van der Waals surface area contributed by atoms with Gasteiger partial charge in [0.15, 0.2) is 17.2 Å². The number of nitrogens with zero attached hydrogens (tertiary/aromatic N) is 4. The average Bonchev–Trinajstić information content (AvgIpc) is 3.54. The molecule has 1 aliphatic heterocycles.